The SMILES string of the molecule is CCOc1cc(/C=N/NC(=O)c2cccc(C(F)(F)F)c2)ccc1OCc1ccc(OCc2ccccc2)c(OC)c1. The number of methoxy groups -OCH3 is 1. The first kappa shape index (κ1) is 30.0. The first-order chi connectivity index (χ1) is 20.3. The van der Waals surface area contributed by atoms with Gasteiger partial charge >= 0.3 is 6.18 Å². The van der Waals surface area contributed by atoms with Gasteiger partial charge in [0.2, 0.25) is 0 Å². The third kappa shape index (κ3) is 8.26. The molecule has 0 fully saturated rings. The highest BCUT2D eigenvalue weighted by molar-refractivity contribution is 5.95. The van der Waals surface area contributed by atoms with Gasteiger partial charge in [0, 0.05) is 5.56 Å². The predicted octanol–water partition coefficient (Wildman–Crippen LogP) is 7.03. The predicted molar refractivity (Wildman–Crippen MR) is 152 cm³/mol. The number of carbonyl (C=O) groups excluding carboxylic acids is 1. The number of benzene rings is 4. The monoisotopic (exact) mass is 578 g/mol. The van der Waals surface area contributed by atoms with Gasteiger partial charge in [-0.3, -0.25) is 4.79 Å². The third-order valence-corrected chi connectivity index (χ3v) is 5.96. The topological polar surface area (TPSA) is 78.4 Å². The lowest BCUT2D eigenvalue weighted by Crippen LogP contribution is -2.18. The molecule has 0 spiro atoms. The number of amides is 1. The molecule has 4 aromatic rings. The highest BCUT2D eigenvalue weighted by Crippen LogP contribution is 2.32. The van der Waals surface area contributed by atoms with Crippen LogP contribution in [-0.4, -0.2) is 25.8 Å². The molecule has 4 rings (SSSR count). The van der Waals surface area contributed by atoms with E-state index in [1.165, 1.54) is 18.3 Å². The van der Waals surface area contributed by atoms with E-state index in [-0.39, 0.29) is 12.2 Å². The van der Waals surface area contributed by atoms with Gasteiger partial charge in [-0.2, -0.15) is 18.3 Å². The van der Waals surface area contributed by atoms with Crippen molar-refractivity contribution in [2.75, 3.05) is 13.7 Å². The summed E-state index contributed by atoms with van der Waals surface area (Å²) in [5.74, 6) is 1.37. The van der Waals surface area contributed by atoms with Crippen molar-refractivity contribution in [3.63, 3.8) is 0 Å². The molecule has 42 heavy (non-hydrogen) atoms. The summed E-state index contributed by atoms with van der Waals surface area (Å²) >= 11 is 0. The van der Waals surface area contributed by atoms with Crippen LogP contribution in [0.2, 0.25) is 0 Å². The van der Waals surface area contributed by atoms with Crippen LogP contribution in [0.15, 0.2) is 96.1 Å². The average Bonchev–Trinajstić information content (AvgIpc) is 3.00. The number of hydrazone groups is 1. The van der Waals surface area contributed by atoms with E-state index < -0.39 is 17.6 Å². The standard InChI is InChI=1S/C32H29F3N2O5/c1-3-40-30-16-23(19-36-37-31(38)25-10-7-11-26(18-25)32(33,34)35)12-14-28(30)42-21-24-13-15-27(29(17-24)39-2)41-20-22-8-5-4-6-9-22/h4-19H,3,20-21H2,1-2H3,(H,37,38)/b36-19+. The number of nitrogens with zero attached hydrogens (tertiary/aromatic N) is 1. The van der Waals surface area contributed by atoms with Crippen molar-refractivity contribution in [2.24, 2.45) is 5.10 Å². The van der Waals surface area contributed by atoms with E-state index >= 15 is 0 Å². The summed E-state index contributed by atoms with van der Waals surface area (Å²) in [6.07, 6.45) is -3.19. The Kier molecular flexibility index (Phi) is 10.0. The lowest BCUT2D eigenvalue weighted by molar-refractivity contribution is -0.137. The van der Waals surface area contributed by atoms with Gasteiger partial charge in [0.1, 0.15) is 13.2 Å². The zero-order valence-electron chi connectivity index (χ0n) is 23.0. The minimum Gasteiger partial charge on any atom is -0.493 e. The van der Waals surface area contributed by atoms with Crippen LogP contribution in [0.25, 0.3) is 0 Å². The van der Waals surface area contributed by atoms with Gasteiger partial charge in [-0.05, 0) is 72.1 Å². The van der Waals surface area contributed by atoms with Gasteiger partial charge in [0.25, 0.3) is 5.91 Å². The molecule has 0 saturated heterocycles. The molecule has 0 unspecified atom stereocenters. The summed E-state index contributed by atoms with van der Waals surface area (Å²) in [6, 6.07) is 24.6. The Morgan fingerprint density at radius 3 is 2.21 bits per heavy atom. The highest BCUT2D eigenvalue weighted by Gasteiger charge is 2.30. The Hall–Kier alpha value is -4.99. The number of nitrogens with one attached hydrogen (secondary N) is 1. The Bertz CT molecular complexity index is 1520. The maximum absolute atomic E-state index is 12.9. The van der Waals surface area contributed by atoms with Crippen molar-refractivity contribution in [1.29, 1.82) is 0 Å². The number of rotatable bonds is 12. The molecular formula is C32H29F3N2O5. The Balaban J connectivity index is 1.38. The summed E-state index contributed by atoms with van der Waals surface area (Å²) in [5, 5.41) is 3.87. The quantitative estimate of drug-likeness (QED) is 0.144. The first-order valence-electron chi connectivity index (χ1n) is 13.0. The van der Waals surface area contributed by atoms with Gasteiger partial charge in [-0.25, -0.2) is 5.43 Å². The fourth-order valence-electron chi connectivity index (χ4n) is 3.88. The van der Waals surface area contributed by atoms with Gasteiger partial charge < -0.3 is 18.9 Å². The van der Waals surface area contributed by atoms with E-state index in [9.17, 15) is 18.0 Å². The summed E-state index contributed by atoms with van der Waals surface area (Å²) in [6.45, 7) is 2.86. The van der Waals surface area contributed by atoms with Crippen LogP contribution in [-0.2, 0) is 19.4 Å². The minimum atomic E-state index is -4.55. The Morgan fingerprint density at radius 2 is 1.50 bits per heavy atom. The molecule has 0 radical (unpaired) electrons. The molecule has 0 aliphatic rings. The number of ether oxygens (including phenoxy) is 4. The van der Waals surface area contributed by atoms with Crippen LogP contribution in [0.3, 0.4) is 0 Å². The van der Waals surface area contributed by atoms with E-state index in [2.05, 4.69) is 10.5 Å². The van der Waals surface area contributed by atoms with Gasteiger partial charge in [0.15, 0.2) is 23.0 Å². The summed E-state index contributed by atoms with van der Waals surface area (Å²) in [5.41, 5.74) is 3.64. The molecule has 1 amide bonds. The van der Waals surface area contributed by atoms with E-state index in [0.29, 0.717) is 41.8 Å². The molecule has 218 valence electrons. The Morgan fingerprint density at radius 1 is 0.786 bits per heavy atom. The van der Waals surface area contributed by atoms with E-state index in [1.54, 1.807) is 25.3 Å². The summed E-state index contributed by atoms with van der Waals surface area (Å²) < 4.78 is 61.9. The van der Waals surface area contributed by atoms with E-state index in [4.69, 9.17) is 18.9 Å². The second-order valence-electron chi connectivity index (χ2n) is 8.97. The molecule has 0 atom stereocenters. The molecule has 0 saturated carbocycles. The molecule has 0 aliphatic heterocycles. The largest absolute Gasteiger partial charge is 0.493 e. The van der Waals surface area contributed by atoms with Crippen LogP contribution in [0.1, 0.15) is 39.5 Å². The Labute approximate surface area is 241 Å². The molecule has 7 nitrogen and oxygen atoms in total. The van der Waals surface area contributed by atoms with Crippen molar-refractivity contribution >= 4 is 12.1 Å². The van der Waals surface area contributed by atoms with Crippen LogP contribution in [0.4, 0.5) is 13.2 Å². The van der Waals surface area contributed by atoms with Gasteiger partial charge in [-0.15, -0.1) is 0 Å². The van der Waals surface area contributed by atoms with E-state index in [1.807, 2.05) is 55.5 Å². The molecule has 0 heterocycles. The van der Waals surface area contributed by atoms with Gasteiger partial charge in [0.05, 0.1) is 25.5 Å². The highest BCUT2D eigenvalue weighted by atomic mass is 19.4. The van der Waals surface area contributed by atoms with Crippen molar-refractivity contribution in [3.8, 4) is 23.0 Å². The summed E-state index contributed by atoms with van der Waals surface area (Å²) in [4.78, 5) is 12.3. The van der Waals surface area contributed by atoms with Crippen molar-refractivity contribution < 1.29 is 36.9 Å². The van der Waals surface area contributed by atoms with Crippen molar-refractivity contribution in [1.82, 2.24) is 5.43 Å². The van der Waals surface area contributed by atoms with Crippen LogP contribution in [0.5, 0.6) is 23.0 Å². The van der Waals surface area contributed by atoms with Crippen LogP contribution < -0.4 is 24.4 Å². The molecule has 10 heteroatoms. The van der Waals surface area contributed by atoms with Crippen LogP contribution in [0, 0.1) is 0 Å². The number of carbonyl (C=O) groups is 1. The van der Waals surface area contributed by atoms with Crippen molar-refractivity contribution in [3.05, 3.63) is 119 Å². The van der Waals surface area contributed by atoms with Crippen LogP contribution >= 0.6 is 0 Å². The zero-order valence-corrected chi connectivity index (χ0v) is 23.0. The number of hydrogen-bond donors (Lipinski definition) is 1. The average molecular weight is 579 g/mol. The summed E-state index contributed by atoms with van der Waals surface area (Å²) in [7, 11) is 1.57. The third-order valence-electron chi connectivity index (χ3n) is 5.96. The molecule has 0 bridgehead atoms. The maximum atomic E-state index is 12.9. The van der Waals surface area contributed by atoms with E-state index in [0.717, 1.165) is 23.3 Å². The maximum Gasteiger partial charge on any atom is 0.416 e. The number of alkyl halides is 3. The lowest BCUT2D eigenvalue weighted by atomic mass is 10.1. The number of hydrogen-bond acceptors (Lipinski definition) is 6. The van der Waals surface area contributed by atoms with Gasteiger partial charge in [-0.1, -0.05) is 42.5 Å². The minimum absolute atomic E-state index is 0.159. The molecule has 4 aromatic carbocycles. The second kappa shape index (κ2) is 14.1. The second-order valence-corrected chi connectivity index (χ2v) is 8.97. The lowest BCUT2D eigenvalue weighted by Gasteiger charge is -2.15. The molecule has 0 aliphatic carbocycles. The fourth-order valence-corrected chi connectivity index (χ4v) is 3.88. The smallest absolute Gasteiger partial charge is 0.416 e. The first-order valence-corrected chi connectivity index (χ1v) is 13.0. The normalized spacial score (nSPS) is 11.3. The molecule has 1 N–H and O–H groups in total. The molecule has 0 aromatic heterocycles. The van der Waals surface area contributed by atoms with Crippen molar-refractivity contribution in [2.45, 2.75) is 26.3 Å². The molecular weight excluding hydrogens is 549 g/mol. The fraction of sp³-hybridized carbons (Fsp3) is 0.188. The number of halogens is 3. The zero-order chi connectivity index (χ0) is 30.0.